The Morgan fingerprint density at radius 2 is 1.83 bits per heavy atom. The Bertz CT molecular complexity index is 780. The highest BCUT2D eigenvalue weighted by Gasteiger charge is 2.19. The van der Waals surface area contributed by atoms with Crippen molar-refractivity contribution in [1.29, 1.82) is 0 Å². The van der Waals surface area contributed by atoms with Gasteiger partial charge < -0.3 is 15.0 Å². The summed E-state index contributed by atoms with van der Waals surface area (Å²) in [6, 6.07) is 14.9. The zero-order chi connectivity index (χ0) is 20.5. The van der Waals surface area contributed by atoms with Crippen LogP contribution in [-0.2, 0) is 10.5 Å². The summed E-state index contributed by atoms with van der Waals surface area (Å²) < 4.78 is 18.8. The molecule has 1 heterocycles. The van der Waals surface area contributed by atoms with Crippen molar-refractivity contribution in [2.24, 2.45) is 0 Å². The number of hydrogen-bond donors (Lipinski definition) is 1. The molecule has 3 rings (SSSR count). The van der Waals surface area contributed by atoms with Crippen molar-refractivity contribution >= 4 is 23.4 Å². The third-order valence-corrected chi connectivity index (χ3v) is 5.97. The highest BCUT2D eigenvalue weighted by Crippen LogP contribution is 2.20. The van der Waals surface area contributed by atoms with E-state index in [-0.39, 0.29) is 11.7 Å². The zero-order valence-electron chi connectivity index (χ0n) is 16.8. The topological polar surface area (TPSA) is 44.8 Å². The molecule has 1 saturated heterocycles. The number of carbonyl (C=O) groups is 1. The van der Waals surface area contributed by atoms with E-state index in [1.165, 1.54) is 11.8 Å². The zero-order valence-corrected chi connectivity index (χ0v) is 17.6. The number of carbonyl (C=O) groups excluding carboxylic acids is 1. The minimum absolute atomic E-state index is 0.0504. The second-order valence-electron chi connectivity index (χ2n) is 6.96. The number of anilines is 1. The molecular weight excluding hydrogens is 389 g/mol. The lowest BCUT2D eigenvalue weighted by molar-refractivity contribution is -0.122. The summed E-state index contributed by atoms with van der Waals surface area (Å²) in [4.78, 5) is 16.7. The Kier molecular flexibility index (Phi) is 8.19. The van der Waals surface area contributed by atoms with Gasteiger partial charge in [0.2, 0.25) is 5.91 Å². The van der Waals surface area contributed by atoms with Crippen LogP contribution >= 0.6 is 11.8 Å². The molecule has 1 fully saturated rings. The van der Waals surface area contributed by atoms with Gasteiger partial charge in [0.05, 0.1) is 13.7 Å². The van der Waals surface area contributed by atoms with Crippen LogP contribution in [0.3, 0.4) is 0 Å². The third kappa shape index (κ3) is 6.65. The molecule has 1 aliphatic rings. The van der Waals surface area contributed by atoms with Crippen LogP contribution in [-0.4, -0.2) is 62.9 Å². The largest absolute Gasteiger partial charge is 0.497 e. The number of ether oxygens (including phenoxy) is 1. The number of halogens is 1. The maximum Gasteiger partial charge on any atom is 0.234 e. The van der Waals surface area contributed by atoms with Gasteiger partial charge in [-0.15, -0.1) is 0 Å². The number of amides is 1. The van der Waals surface area contributed by atoms with E-state index in [2.05, 4.69) is 27.2 Å². The molecule has 0 unspecified atom stereocenters. The number of benzene rings is 2. The fourth-order valence-electron chi connectivity index (χ4n) is 3.28. The highest BCUT2D eigenvalue weighted by molar-refractivity contribution is 7.98. The van der Waals surface area contributed by atoms with Crippen molar-refractivity contribution < 1.29 is 13.9 Å². The van der Waals surface area contributed by atoms with Gasteiger partial charge in [0, 0.05) is 49.9 Å². The van der Waals surface area contributed by atoms with Crippen molar-refractivity contribution in [3.8, 4) is 5.75 Å². The van der Waals surface area contributed by atoms with Crippen molar-refractivity contribution in [3.05, 3.63) is 59.9 Å². The average molecular weight is 418 g/mol. The van der Waals surface area contributed by atoms with E-state index in [1.54, 1.807) is 31.0 Å². The number of nitrogens with one attached hydrogen (secondary N) is 1. The molecule has 7 heteroatoms. The van der Waals surface area contributed by atoms with Gasteiger partial charge in [-0.2, -0.15) is 11.8 Å². The van der Waals surface area contributed by atoms with E-state index >= 15 is 0 Å². The molecule has 2 aromatic rings. The second-order valence-corrected chi connectivity index (χ2v) is 8.06. The monoisotopic (exact) mass is 417 g/mol. The maximum absolute atomic E-state index is 13.6. The van der Waals surface area contributed by atoms with Crippen LogP contribution in [0.15, 0.2) is 48.5 Å². The van der Waals surface area contributed by atoms with Gasteiger partial charge in [-0.25, -0.2) is 4.39 Å². The molecule has 1 amide bonds. The molecule has 156 valence electrons. The van der Waals surface area contributed by atoms with Crippen molar-refractivity contribution in [2.75, 3.05) is 57.0 Å². The molecule has 0 radical (unpaired) electrons. The van der Waals surface area contributed by atoms with Crippen LogP contribution in [0.1, 0.15) is 5.56 Å². The molecule has 0 aromatic heterocycles. The van der Waals surface area contributed by atoms with Gasteiger partial charge in [0.25, 0.3) is 0 Å². The van der Waals surface area contributed by atoms with Gasteiger partial charge in [-0.05, 0) is 35.9 Å². The van der Waals surface area contributed by atoms with Gasteiger partial charge in [0.15, 0.2) is 0 Å². The molecular formula is C22H28FN3O2S. The summed E-state index contributed by atoms with van der Waals surface area (Å²) in [6.45, 7) is 4.55. The molecule has 2 aromatic carbocycles. The number of rotatable bonds is 9. The number of hydrogen-bond acceptors (Lipinski definition) is 5. The Morgan fingerprint density at radius 3 is 2.52 bits per heavy atom. The number of piperazine rings is 1. The van der Waals surface area contributed by atoms with Gasteiger partial charge in [-0.1, -0.05) is 18.2 Å². The summed E-state index contributed by atoms with van der Waals surface area (Å²) in [5, 5.41) is 2.96. The number of nitrogens with zero attached hydrogens (tertiary/aromatic N) is 2. The van der Waals surface area contributed by atoms with E-state index < -0.39 is 0 Å². The predicted molar refractivity (Wildman–Crippen MR) is 117 cm³/mol. The third-order valence-electron chi connectivity index (χ3n) is 4.96. The van der Waals surface area contributed by atoms with E-state index in [4.69, 9.17) is 4.74 Å². The summed E-state index contributed by atoms with van der Waals surface area (Å²) in [6.07, 6.45) is 0. The van der Waals surface area contributed by atoms with Gasteiger partial charge in [0.1, 0.15) is 11.6 Å². The summed E-state index contributed by atoms with van der Waals surface area (Å²) in [7, 11) is 1.67. The van der Waals surface area contributed by atoms with Crippen LogP contribution in [0, 0.1) is 5.82 Å². The minimum Gasteiger partial charge on any atom is -0.497 e. The standard InChI is InChI=1S/C22H28FN3O2S/c1-28-20-8-6-19(7-9-20)26-13-11-25(12-14-26)16-22(27)24-10-15-29-17-18-4-2-3-5-21(18)23/h2-9H,10-17H2,1H3,(H,24,27). The maximum atomic E-state index is 13.6. The van der Waals surface area contributed by atoms with E-state index in [0.29, 0.717) is 24.4 Å². The molecule has 0 spiro atoms. The first-order chi connectivity index (χ1) is 14.2. The Labute approximate surface area is 176 Å². The Balaban J connectivity index is 1.30. The van der Waals surface area contributed by atoms with Crippen molar-refractivity contribution in [3.63, 3.8) is 0 Å². The summed E-state index contributed by atoms with van der Waals surface area (Å²) >= 11 is 1.63. The Hall–Kier alpha value is -2.25. The summed E-state index contributed by atoms with van der Waals surface area (Å²) in [5.74, 6) is 2.13. The van der Waals surface area contributed by atoms with Crippen LogP contribution in [0.25, 0.3) is 0 Å². The molecule has 0 atom stereocenters. The summed E-state index contributed by atoms with van der Waals surface area (Å²) in [5.41, 5.74) is 1.89. The lowest BCUT2D eigenvalue weighted by atomic mass is 10.2. The lowest BCUT2D eigenvalue weighted by Gasteiger charge is -2.35. The number of thioether (sulfide) groups is 1. The fourth-order valence-corrected chi connectivity index (χ4v) is 4.12. The van der Waals surface area contributed by atoms with E-state index in [0.717, 1.165) is 37.7 Å². The minimum atomic E-state index is -0.169. The fraction of sp³-hybridized carbons (Fsp3) is 0.409. The SMILES string of the molecule is COc1ccc(N2CCN(CC(=O)NCCSCc3ccccc3F)CC2)cc1. The van der Waals surface area contributed by atoms with E-state index in [1.807, 2.05) is 18.2 Å². The van der Waals surface area contributed by atoms with Crippen LogP contribution < -0.4 is 15.0 Å². The molecule has 1 aliphatic heterocycles. The normalized spacial score (nSPS) is 14.6. The molecule has 5 nitrogen and oxygen atoms in total. The van der Waals surface area contributed by atoms with Crippen molar-refractivity contribution in [2.45, 2.75) is 5.75 Å². The molecule has 0 aliphatic carbocycles. The first kappa shape index (κ1) is 21.5. The van der Waals surface area contributed by atoms with Gasteiger partial charge >= 0.3 is 0 Å². The first-order valence-electron chi connectivity index (χ1n) is 9.85. The lowest BCUT2D eigenvalue weighted by Crippen LogP contribution is -2.49. The van der Waals surface area contributed by atoms with E-state index in [9.17, 15) is 9.18 Å². The molecule has 0 bridgehead atoms. The Morgan fingerprint density at radius 1 is 1.10 bits per heavy atom. The second kappa shape index (κ2) is 11.1. The molecule has 0 saturated carbocycles. The number of methoxy groups -OCH3 is 1. The quantitative estimate of drug-likeness (QED) is 0.636. The average Bonchev–Trinajstić information content (AvgIpc) is 2.75. The van der Waals surface area contributed by atoms with Crippen LogP contribution in [0.4, 0.5) is 10.1 Å². The molecule has 29 heavy (non-hydrogen) atoms. The van der Waals surface area contributed by atoms with Crippen LogP contribution in [0.5, 0.6) is 5.75 Å². The molecule has 1 N–H and O–H groups in total. The van der Waals surface area contributed by atoms with Crippen LogP contribution in [0.2, 0.25) is 0 Å². The highest BCUT2D eigenvalue weighted by atomic mass is 32.2. The predicted octanol–water partition coefficient (Wildman–Crippen LogP) is 3.01. The smallest absolute Gasteiger partial charge is 0.234 e. The van der Waals surface area contributed by atoms with Crippen molar-refractivity contribution in [1.82, 2.24) is 10.2 Å². The first-order valence-corrected chi connectivity index (χ1v) is 11.0. The van der Waals surface area contributed by atoms with Gasteiger partial charge in [-0.3, -0.25) is 9.69 Å².